The second-order valence-corrected chi connectivity index (χ2v) is 6.79. The zero-order valence-electron chi connectivity index (χ0n) is 16.2. The van der Waals surface area contributed by atoms with Crippen LogP contribution in [0.4, 0.5) is 18.9 Å². The van der Waals surface area contributed by atoms with Gasteiger partial charge in [0.15, 0.2) is 11.7 Å². The summed E-state index contributed by atoms with van der Waals surface area (Å²) >= 11 is 0. The van der Waals surface area contributed by atoms with E-state index in [1.807, 2.05) is 31.2 Å². The highest BCUT2D eigenvalue weighted by Crippen LogP contribution is 2.32. The normalized spacial score (nSPS) is 16.9. The van der Waals surface area contributed by atoms with E-state index in [1.165, 1.54) is 13.2 Å². The smallest absolute Gasteiger partial charge is 0.357 e. The van der Waals surface area contributed by atoms with E-state index in [0.717, 1.165) is 15.9 Å². The SMILES string of the molecule is CCNC(=NCc1cn(C)nc1C(F)(F)F)NCC1CC(=O)Nc2ccccc21. The van der Waals surface area contributed by atoms with Crippen LogP contribution in [0.15, 0.2) is 35.5 Å². The summed E-state index contributed by atoms with van der Waals surface area (Å²) in [6.45, 7) is 2.67. The molecule has 0 bridgehead atoms. The Kier molecular flexibility index (Phi) is 6.09. The Morgan fingerprint density at radius 1 is 1.34 bits per heavy atom. The van der Waals surface area contributed by atoms with Crippen molar-refractivity contribution in [1.29, 1.82) is 0 Å². The van der Waals surface area contributed by atoms with Gasteiger partial charge in [-0.05, 0) is 18.6 Å². The number of benzene rings is 1. The average molecular weight is 408 g/mol. The summed E-state index contributed by atoms with van der Waals surface area (Å²) in [5, 5.41) is 12.5. The molecule has 1 aliphatic heterocycles. The molecule has 3 N–H and O–H groups in total. The van der Waals surface area contributed by atoms with E-state index in [9.17, 15) is 18.0 Å². The van der Waals surface area contributed by atoms with Crippen molar-refractivity contribution in [3.8, 4) is 0 Å². The van der Waals surface area contributed by atoms with Crippen molar-refractivity contribution in [2.45, 2.75) is 32.0 Å². The molecule has 7 nitrogen and oxygen atoms in total. The number of amides is 1. The lowest BCUT2D eigenvalue weighted by Crippen LogP contribution is -2.40. The Morgan fingerprint density at radius 2 is 2.10 bits per heavy atom. The van der Waals surface area contributed by atoms with E-state index < -0.39 is 11.9 Å². The molecule has 1 amide bonds. The number of hydrogen-bond acceptors (Lipinski definition) is 3. The van der Waals surface area contributed by atoms with Crippen LogP contribution in [0.25, 0.3) is 0 Å². The van der Waals surface area contributed by atoms with Gasteiger partial charge in [0.25, 0.3) is 0 Å². The first-order valence-corrected chi connectivity index (χ1v) is 9.28. The number of carbonyl (C=O) groups excluding carboxylic acids is 1. The van der Waals surface area contributed by atoms with Crippen LogP contribution in [0.5, 0.6) is 0 Å². The molecule has 0 fully saturated rings. The number of nitrogens with one attached hydrogen (secondary N) is 3. The third-order valence-electron chi connectivity index (χ3n) is 4.55. The van der Waals surface area contributed by atoms with Gasteiger partial charge in [-0.3, -0.25) is 9.48 Å². The number of alkyl halides is 3. The number of rotatable bonds is 5. The third kappa shape index (κ3) is 5.07. The fourth-order valence-electron chi connectivity index (χ4n) is 3.30. The minimum absolute atomic E-state index is 0.000377. The number of guanidine groups is 1. The maximum Gasteiger partial charge on any atom is 0.435 e. The zero-order chi connectivity index (χ0) is 21.0. The maximum absolute atomic E-state index is 13.1. The summed E-state index contributed by atoms with van der Waals surface area (Å²) < 4.78 is 40.5. The van der Waals surface area contributed by atoms with Crippen molar-refractivity contribution in [2.24, 2.45) is 12.0 Å². The van der Waals surface area contributed by atoms with Gasteiger partial charge in [-0.2, -0.15) is 18.3 Å². The highest BCUT2D eigenvalue weighted by Gasteiger charge is 2.36. The van der Waals surface area contributed by atoms with Crippen LogP contribution in [0.2, 0.25) is 0 Å². The van der Waals surface area contributed by atoms with E-state index in [0.29, 0.717) is 25.5 Å². The summed E-state index contributed by atoms with van der Waals surface area (Å²) in [7, 11) is 1.44. The van der Waals surface area contributed by atoms with Crippen LogP contribution in [-0.4, -0.2) is 34.7 Å². The molecule has 2 aromatic rings. The molecule has 0 spiro atoms. The Labute approximate surface area is 166 Å². The van der Waals surface area contributed by atoms with Gasteiger partial charge >= 0.3 is 6.18 Å². The molecule has 1 aliphatic rings. The summed E-state index contributed by atoms with van der Waals surface area (Å²) in [5.41, 5.74) is 0.863. The van der Waals surface area contributed by atoms with Crippen molar-refractivity contribution in [1.82, 2.24) is 20.4 Å². The van der Waals surface area contributed by atoms with Gasteiger partial charge in [0.2, 0.25) is 5.91 Å². The number of para-hydroxylation sites is 1. The third-order valence-corrected chi connectivity index (χ3v) is 4.55. The van der Waals surface area contributed by atoms with Gasteiger partial charge in [0, 0.05) is 49.9 Å². The second kappa shape index (κ2) is 8.54. The number of anilines is 1. The molecule has 156 valence electrons. The number of hydrogen-bond donors (Lipinski definition) is 3. The molecule has 3 rings (SSSR count). The molecule has 0 radical (unpaired) electrons. The first kappa shape index (κ1) is 20.7. The van der Waals surface area contributed by atoms with Gasteiger partial charge in [0.1, 0.15) is 0 Å². The molecule has 0 aliphatic carbocycles. The lowest BCUT2D eigenvalue weighted by Gasteiger charge is -2.26. The highest BCUT2D eigenvalue weighted by molar-refractivity contribution is 5.94. The molecular weight excluding hydrogens is 385 g/mol. The van der Waals surface area contributed by atoms with Crippen molar-refractivity contribution in [3.63, 3.8) is 0 Å². The first-order valence-electron chi connectivity index (χ1n) is 9.28. The number of nitrogens with zero attached hydrogens (tertiary/aromatic N) is 3. The number of carbonyl (C=O) groups is 1. The van der Waals surface area contributed by atoms with E-state index in [4.69, 9.17) is 0 Å². The molecule has 29 heavy (non-hydrogen) atoms. The Hall–Kier alpha value is -3.04. The topological polar surface area (TPSA) is 83.3 Å². The quantitative estimate of drug-likeness (QED) is 0.525. The zero-order valence-corrected chi connectivity index (χ0v) is 16.2. The highest BCUT2D eigenvalue weighted by atomic mass is 19.4. The molecule has 2 heterocycles. The van der Waals surface area contributed by atoms with Gasteiger partial charge in [-0.25, -0.2) is 4.99 Å². The largest absolute Gasteiger partial charge is 0.435 e. The van der Waals surface area contributed by atoms with Crippen LogP contribution in [-0.2, 0) is 24.6 Å². The Morgan fingerprint density at radius 3 is 2.83 bits per heavy atom. The fourth-order valence-corrected chi connectivity index (χ4v) is 3.30. The van der Waals surface area contributed by atoms with Crippen LogP contribution < -0.4 is 16.0 Å². The van der Waals surface area contributed by atoms with Crippen LogP contribution in [0, 0.1) is 0 Å². The lowest BCUT2D eigenvalue weighted by atomic mass is 9.90. The minimum atomic E-state index is -4.53. The predicted molar refractivity (Wildman–Crippen MR) is 103 cm³/mol. The Bertz CT molecular complexity index is 906. The van der Waals surface area contributed by atoms with Crippen LogP contribution in [0.3, 0.4) is 0 Å². The molecule has 1 atom stereocenters. The lowest BCUT2D eigenvalue weighted by molar-refractivity contribution is -0.142. The summed E-state index contributed by atoms with van der Waals surface area (Å²) in [4.78, 5) is 16.2. The van der Waals surface area contributed by atoms with Crippen molar-refractivity contribution in [3.05, 3.63) is 47.3 Å². The van der Waals surface area contributed by atoms with Crippen LogP contribution in [0.1, 0.15) is 36.1 Å². The number of fused-ring (bicyclic) bond motifs is 1. The van der Waals surface area contributed by atoms with Gasteiger partial charge in [-0.15, -0.1) is 0 Å². The summed E-state index contributed by atoms with van der Waals surface area (Å²) in [6.07, 6.45) is -2.89. The van der Waals surface area contributed by atoms with Gasteiger partial charge < -0.3 is 16.0 Å². The van der Waals surface area contributed by atoms with Gasteiger partial charge in [-0.1, -0.05) is 18.2 Å². The molecule has 0 saturated carbocycles. The van der Waals surface area contributed by atoms with E-state index in [2.05, 4.69) is 26.0 Å². The standard InChI is InChI=1S/C19H23F3N6O/c1-3-23-18(25-10-13-11-28(2)27-17(13)19(20,21)22)24-9-12-8-16(29)26-15-7-5-4-6-14(12)15/h4-7,11-12H,3,8-10H2,1-2H3,(H,26,29)(H2,23,24,25). The molecule has 10 heteroatoms. The van der Waals surface area contributed by atoms with Crippen molar-refractivity contribution < 1.29 is 18.0 Å². The van der Waals surface area contributed by atoms with Crippen molar-refractivity contribution in [2.75, 3.05) is 18.4 Å². The number of aryl methyl sites for hydroxylation is 1. The van der Waals surface area contributed by atoms with E-state index >= 15 is 0 Å². The predicted octanol–water partition coefficient (Wildman–Crippen LogP) is 2.62. The fraction of sp³-hybridized carbons (Fsp3) is 0.421. The molecule has 0 saturated heterocycles. The van der Waals surface area contributed by atoms with E-state index in [-0.39, 0.29) is 23.9 Å². The monoisotopic (exact) mass is 408 g/mol. The molecule has 1 aromatic carbocycles. The second-order valence-electron chi connectivity index (χ2n) is 6.79. The molecule has 1 unspecified atom stereocenters. The first-order chi connectivity index (χ1) is 13.8. The number of halogens is 3. The Balaban J connectivity index is 1.72. The number of aliphatic imine (C=N–C) groups is 1. The van der Waals surface area contributed by atoms with Crippen molar-refractivity contribution >= 4 is 17.6 Å². The maximum atomic E-state index is 13.1. The number of aromatic nitrogens is 2. The summed E-state index contributed by atoms with van der Waals surface area (Å²) in [5.74, 6) is 0.253. The molecule has 1 aromatic heterocycles. The average Bonchev–Trinajstić information content (AvgIpc) is 3.04. The van der Waals surface area contributed by atoms with Gasteiger partial charge in [0.05, 0.1) is 6.54 Å². The van der Waals surface area contributed by atoms with E-state index in [1.54, 1.807) is 0 Å². The van der Waals surface area contributed by atoms with Crippen LogP contribution >= 0.6 is 0 Å². The molecular formula is C19H23F3N6O. The summed E-state index contributed by atoms with van der Waals surface area (Å²) in [6, 6.07) is 7.56. The minimum Gasteiger partial charge on any atom is -0.357 e.